The van der Waals surface area contributed by atoms with Gasteiger partial charge in [0.15, 0.2) is 22.4 Å². The van der Waals surface area contributed by atoms with Crippen molar-refractivity contribution in [3.05, 3.63) is 42.5 Å². The van der Waals surface area contributed by atoms with Gasteiger partial charge in [-0.1, -0.05) is 23.9 Å². The molecule has 3 rings (SSSR count). The minimum Gasteiger partial charge on any atom is -0.490 e. The Kier molecular flexibility index (Phi) is 7.92. The van der Waals surface area contributed by atoms with Gasteiger partial charge in [0, 0.05) is 11.8 Å². The molecule has 9 heteroatoms. The van der Waals surface area contributed by atoms with Gasteiger partial charge >= 0.3 is 5.97 Å². The lowest BCUT2D eigenvalue weighted by Crippen LogP contribution is -2.21. The molecule has 2 aromatic carbocycles. The first-order chi connectivity index (χ1) is 14.6. The number of carbonyl (C=O) groups is 2. The van der Waals surface area contributed by atoms with Crippen LogP contribution < -0.4 is 14.8 Å². The number of aromatic nitrogens is 1. The number of benzene rings is 2. The van der Waals surface area contributed by atoms with Crippen LogP contribution in [-0.2, 0) is 14.3 Å². The molecule has 1 amide bonds. The first-order valence-electron chi connectivity index (χ1n) is 9.42. The van der Waals surface area contributed by atoms with Gasteiger partial charge in [-0.05, 0) is 38.1 Å². The summed E-state index contributed by atoms with van der Waals surface area (Å²) in [6.45, 7) is 4.37. The van der Waals surface area contributed by atoms with Crippen molar-refractivity contribution < 1.29 is 23.8 Å². The maximum atomic E-state index is 12.1. The zero-order chi connectivity index (χ0) is 21.3. The molecule has 0 saturated heterocycles. The number of thiazole rings is 1. The Balaban J connectivity index is 1.46. The van der Waals surface area contributed by atoms with Gasteiger partial charge in [0.05, 0.1) is 29.2 Å². The molecule has 1 heterocycles. The zero-order valence-corrected chi connectivity index (χ0v) is 18.3. The van der Waals surface area contributed by atoms with Gasteiger partial charge in [-0.3, -0.25) is 9.59 Å². The van der Waals surface area contributed by atoms with E-state index in [0.29, 0.717) is 30.4 Å². The molecule has 0 radical (unpaired) electrons. The van der Waals surface area contributed by atoms with Crippen LogP contribution >= 0.6 is 23.1 Å². The average Bonchev–Trinajstić information content (AvgIpc) is 3.16. The zero-order valence-electron chi connectivity index (χ0n) is 16.7. The van der Waals surface area contributed by atoms with Gasteiger partial charge in [-0.2, -0.15) is 0 Å². The van der Waals surface area contributed by atoms with Gasteiger partial charge in [0.1, 0.15) is 0 Å². The number of fused-ring (bicyclic) bond motifs is 1. The second-order valence-corrected chi connectivity index (χ2v) is 8.23. The predicted molar refractivity (Wildman–Crippen MR) is 119 cm³/mol. The molecule has 0 aliphatic rings. The van der Waals surface area contributed by atoms with Crippen molar-refractivity contribution in [1.29, 1.82) is 0 Å². The quantitative estimate of drug-likeness (QED) is 0.366. The van der Waals surface area contributed by atoms with Crippen LogP contribution in [0.5, 0.6) is 11.5 Å². The van der Waals surface area contributed by atoms with Gasteiger partial charge < -0.3 is 19.5 Å². The van der Waals surface area contributed by atoms with Crippen LogP contribution in [0.15, 0.2) is 46.8 Å². The summed E-state index contributed by atoms with van der Waals surface area (Å²) in [6, 6.07) is 12.9. The molecule has 3 aromatic rings. The number of rotatable bonds is 10. The fourth-order valence-electron chi connectivity index (χ4n) is 2.55. The molecule has 0 bridgehead atoms. The Morgan fingerprint density at radius 3 is 2.60 bits per heavy atom. The summed E-state index contributed by atoms with van der Waals surface area (Å²) in [4.78, 5) is 28.5. The third-order valence-electron chi connectivity index (χ3n) is 3.78. The van der Waals surface area contributed by atoms with Crippen molar-refractivity contribution in [3.63, 3.8) is 0 Å². The Bertz CT molecular complexity index is 989. The van der Waals surface area contributed by atoms with E-state index in [1.165, 1.54) is 23.1 Å². The van der Waals surface area contributed by atoms with E-state index in [9.17, 15) is 9.59 Å². The molecule has 7 nitrogen and oxygen atoms in total. The van der Waals surface area contributed by atoms with E-state index in [1.54, 1.807) is 18.2 Å². The molecule has 158 valence electrons. The SMILES string of the molecule is CCOc1ccc(NC(=O)COC(=O)CSc2nc3ccccc3s2)cc1OCC. The number of carbonyl (C=O) groups excluding carboxylic acids is 2. The molecular weight excluding hydrogens is 424 g/mol. The number of hydrogen-bond acceptors (Lipinski definition) is 8. The molecule has 1 aromatic heterocycles. The van der Waals surface area contributed by atoms with E-state index in [2.05, 4.69) is 10.3 Å². The molecule has 0 fully saturated rings. The second kappa shape index (κ2) is 10.8. The molecule has 0 atom stereocenters. The van der Waals surface area contributed by atoms with Crippen molar-refractivity contribution in [2.24, 2.45) is 0 Å². The summed E-state index contributed by atoms with van der Waals surface area (Å²) in [7, 11) is 0. The van der Waals surface area contributed by atoms with Crippen molar-refractivity contribution in [3.8, 4) is 11.5 Å². The minimum atomic E-state index is -0.476. The summed E-state index contributed by atoms with van der Waals surface area (Å²) < 4.78 is 17.9. The molecule has 1 N–H and O–H groups in total. The van der Waals surface area contributed by atoms with Crippen LogP contribution in [0.4, 0.5) is 5.69 Å². The van der Waals surface area contributed by atoms with E-state index < -0.39 is 11.9 Å². The van der Waals surface area contributed by atoms with Gasteiger partial charge in [0.2, 0.25) is 0 Å². The number of anilines is 1. The molecule has 30 heavy (non-hydrogen) atoms. The minimum absolute atomic E-state index is 0.0879. The van der Waals surface area contributed by atoms with Crippen LogP contribution in [0.2, 0.25) is 0 Å². The van der Waals surface area contributed by atoms with Crippen LogP contribution in [-0.4, -0.2) is 42.4 Å². The first-order valence-corrected chi connectivity index (χ1v) is 11.2. The van der Waals surface area contributed by atoms with Crippen molar-refractivity contribution >= 4 is 50.9 Å². The molecule has 0 spiro atoms. The maximum absolute atomic E-state index is 12.1. The average molecular weight is 447 g/mol. The maximum Gasteiger partial charge on any atom is 0.316 e. The summed E-state index contributed by atoms with van der Waals surface area (Å²) in [5.41, 5.74) is 1.44. The smallest absolute Gasteiger partial charge is 0.316 e. The Hall–Kier alpha value is -2.78. The number of thioether (sulfide) groups is 1. The molecule has 0 aliphatic heterocycles. The highest BCUT2D eigenvalue weighted by Gasteiger charge is 2.12. The standard InChI is InChI=1S/C21H22N2O5S2/c1-3-26-16-10-9-14(11-17(16)27-4-2)22-19(24)12-28-20(25)13-29-21-23-15-7-5-6-8-18(15)30-21/h5-11H,3-4,12-13H2,1-2H3,(H,22,24). The van der Waals surface area contributed by atoms with Crippen LogP contribution in [0.25, 0.3) is 10.2 Å². The fourth-order valence-corrected chi connectivity index (χ4v) is 4.41. The normalized spacial score (nSPS) is 10.6. The summed E-state index contributed by atoms with van der Waals surface area (Å²) >= 11 is 2.81. The van der Waals surface area contributed by atoms with Crippen molar-refractivity contribution in [2.75, 3.05) is 30.9 Å². The van der Waals surface area contributed by atoms with Crippen LogP contribution in [0, 0.1) is 0 Å². The number of esters is 1. The summed E-state index contributed by atoms with van der Waals surface area (Å²) in [6.07, 6.45) is 0. The highest BCUT2D eigenvalue weighted by atomic mass is 32.2. The van der Waals surface area contributed by atoms with Crippen molar-refractivity contribution in [1.82, 2.24) is 4.98 Å². The number of nitrogens with zero attached hydrogens (tertiary/aromatic N) is 1. The van der Waals surface area contributed by atoms with Gasteiger partial charge in [-0.25, -0.2) is 4.98 Å². The molecule has 0 unspecified atom stereocenters. The number of hydrogen-bond donors (Lipinski definition) is 1. The van der Waals surface area contributed by atoms with E-state index in [1.807, 2.05) is 38.1 Å². The Labute approximate surface area is 182 Å². The largest absolute Gasteiger partial charge is 0.490 e. The lowest BCUT2D eigenvalue weighted by Gasteiger charge is -2.13. The van der Waals surface area contributed by atoms with E-state index in [4.69, 9.17) is 14.2 Å². The van der Waals surface area contributed by atoms with E-state index >= 15 is 0 Å². The molecule has 0 aliphatic carbocycles. The summed E-state index contributed by atoms with van der Waals surface area (Å²) in [5, 5.41) is 2.69. The third kappa shape index (κ3) is 6.11. The Morgan fingerprint density at radius 1 is 1.07 bits per heavy atom. The highest BCUT2D eigenvalue weighted by Crippen LogP contribution is 2.31. The van der Waals surface area contributed by atoms with E-state index in [-0.39, 0.29) is 12.4 Å². The summed E-state index contributed by atoms with van der Waals surface area (Å²) in [5.74, 6) is 0.332. The predicted octanol–water partition coefficient (Wildman–Crippen LogP) is 4.37. The molecular formula is C21H22N2O5S2. The number of para-hydroxylation sites is 1. The van der Waals surface area contributed by atoms with Crippen molar-refractivity contribution in [2.45, 2.75) is 18.2 Å². The monoisotopic (exact) mass is 446 g/mol. The number of ether oxygens (including phenoxy) is 3. The Morgan fingerprint density at radius 2 is 1.83 bits per heavy atom. The molecule has 0 saturated carbocycles. The van der Waals surface area contributed by atoms with Crippen LogP contribution in [0.3, 0.4) is 0 Å². The van der Waals surface area contributed by atoms with E-state index in [0.717, 1.165) is 14.6 Å². The topological polar surface area (TPSA) is 86.8 Å². The van der Waals surface area contributed by atoms with Gasteiger partial charge in [0.25, 0.3) is 5.91 Å². The lowest BCUT2D eigenvalue weighted by atomic mass is 10.2. The lowest BCUT2D eigenvalue weighted by molar-refractivity contribution is -0.144. The second-order valence-electron chi connectivity index (χ2n) is 5.97. The number of nitrogens with one attached hydrogen (secondary N) is 1. The first kappa shape index (κ1) is 21.9. The third-order valence-corrected chi connectivity index (χ3v) is 5.93. The fraction of sp³-hybridized carbons (Fsp3) is 0.286. The van der Waals surface area contributed by atoms with Gasteiger partial charge in [-0.15, -0.1) is 11.3 Å². The van der Waals surface area contributed by atoms with Crippen LogP contribution in [0.1, 0.15) is 13.8 Å². The number of amides is 1. The highest BCUT2D eigenvalue weighted by molar-refractivity contribution is 8.01.